The van der Waals surface area contributed by atoms with Crippen molar-refractivity contribution in [3.8, 4) is 6.07 Å². The van der Waals surface area contributed by atoms with Crippen LogP contribution in [0.15, 0.2) is 24.3 Å². The highest BCUT2D eigenvalue weighted by Gasteiger charge is 2.34. The molecule has 6 heteroatoms. The zero-order valence-corrected chi connectivity index (χ0v) is 12.8. The first-order chi connectivity index (χ1) is 10.1. The molecule has 112 valence electrons. The molecule has 1 heterocycles. The number of carbonyl (C=O) groups excluding carboxylic acids is 1. The summed E-state index contributed by atoms with van der Waals surface area (Å²) in [7, 11) is 0. The van der Waals surface area contributed by atoms with Crippen molar-refractivity contribution in [3.63, 3.8) is 0 Å². The SMILES string of the molecule is CSC1(C#N)CCN(CC(=O)Nc2ccccc2F)CC1. The van der Waals surface area contributed by atoms with E-state index < -0.39 is 5.82 Å². The van der Waals surface area contributed by atoms with Crippen LogP contribution in [-0.2, 0) is 4.79 Å². The monoisotopic (exact) mass is 307 g/mol. The first-order valence-corrected chi connectivity index (χ1v) is 8.04. The topological polar surface area (TPSA) is 56.1 Å². The van der Waals surface area contributed by atoms with Crippen LogP contribution in [0.4, 0.5) is 10.1 Å². The lowest BCUT2D eigenvalue weighted by Gasteiger charge is -2.35. The van der Waals surface area contributed by atoms with Crippen LogP contribution in [0.3, 0.4) is 0 Å². The molecule has 0 spiro atoms. The number of nitrogens with one attached hydrogen (secondary N) is 1. The molecule has 1 N–H and O–H groups in total. The van der Waals surface area contributed by atoms with Crippen molar-refractivity contribution >= 4 is 23.4 Å². The van der Waals surface area contributed by atoms with Crippen LogP contribution in [0.25, 0.3) is 0 Å². The summed E-state index contributed by atoms with van der Waals surface area (Å²) >= 11 is 1.58. The molecule has 0 bridgehead atoms. The van der Waals surface area contributed by atoms with E-state index in [1.54, 1.807) is 23.9 Å². The third-order valence-electron chi connectivity index (χ3n) is 3.77. The van der Waals surface area contributed by atoms with Crippen molar-refractivity contribution in [2.24, 2.45) is 0 Å². The summed E-state index contributed by atoms with van der Waals surface area (Å²) in [5.41, 5.74) is 0.204. The van der Waals surface area contributed by atoms with Crippen molar-refractivity contribution in [1.82, 2.24) is 4.90 Å². The maximum Gasteiger partial charge on any atom is 0.238 e. The standard InChI is InChI=1S/C15H18FN3OS/c1-21-15(11-17)6-8-19(9-7-15)10-14(20)18-13-5-3-2-4-12(13)16/h2-5H,6-10H2,1H3,(H,18,20). The molecule has 0 atom stereocenters. The fourth-order valence-electron chi connectivity index (χ4n) is 2.39. The van der Waals surface area contributed by atoms with Gasteiger partial charge in [-0.2, -0.15) is 5.26 Å². The van der Waals surface area contributed by atoms with Gasteiger partial charge >= 0.3 is 0 Å². The van der Waals surface area contributed by atoms with Crippen molar-refractivity contribution in [2.75, 3.05) is 31.2 Å². The van der Waals surface area contributed by atoms with Crippen LogP contribution in [0.5, 0.6) is 0 Å². The van der Waals surface area contributed by atoms with Gasteiger partial charge < -0.3 is 5.32 Å². The third-order valence-corrected chi connectivity index (χ3v) is 5.05. The normalized spacial score (nSPS) is 18.0. The highest BCUT2D eigenvalue weighted by molar-refractivity contribution is 8.00. The first kappa shape index (κ1) is 15.8. The van der Waals surface area contributed by atoms with Crippen molar-refractivity contribution < 1.29 is 9.18 Å². The number of piperidine rings is 1. The lowest BCUT2D eigenvalue weighted by atomic mass is 9.97. The van der Waals surface area contributed by atoms with Crippen LogP contribution in [0.2, 0.25) is 0 Å². The number of hydrogen-bond acceptors (Lipinski definition) is 4. The second-order valence-electron chi connectivity index (χ2n) is 5.11. The number of likely N-dealkylation sites (tertiary alicyclic amines) is 1. The van der Waals surface area contributed by atoms with Gasteiger partial charge in [-0.15, -0.1) is 11.8 Å². The van der Waals surface area contributed by atoms with E-state index in [9.17, 15) is 14.4 Å². The second-order valence-corrected chi connectivity index (χ2v) is 6.30. The molecule has 1 saturated heterocycles. The number of hydrogen-bond donors (Lipinski definition) is 1. The van der Waals surface area contributed by atoms with Gasteiger partial charge in [-0.05, 0) is 31.2 Å². The third kappa shape index (κ3) is 3.96. The smallest absolute Gasteiger partial charge is 0.238 e. The molecule has 1 aliphatic heterocycles. The number of carbonyl (C=O) groups is 1. The molecule has 0 radical (unpaired) electrons. The Hall–Kier alpha value is -1.58. The Kier molecular flexibility index (Phi) is 5.21. The fourth-order valence-corrected chi connectivity index (χ4v) is 3.07. The Bertz CT molecular complexity index is 550. The Morgan fingerprint density at radius 3 is 2.71 bits per heavy atom. The first-order valence-electron chi connectivity index (χ1n) is 6.82. The summed E-state index contributed by atoms with van der Waals surface area (Å²) in [4.78, 5) is 13.9. The second kappa shape index (κ2) is 6.92. The molecule has 0 aliphatic carbocycles. The largest absolute Gasteiger partial charge is 0.322 e. The summed E-state index contributed by atoms with van der Waals surface area (Å²) in [6, 6.07) is 8.49. The van der Waals surface area contributed by atoms with E-state index in [1.165, 1.54) is 12.1 Å². The molecule has 0 aromatic heterocycles. The Morgan fingerprint density at radius 2 is 2.14 bits per heavy atom. The quantitative estimate of drug-likeness (QED) is 0.928. The lowest BCUT2D eigenvalue weighted by molar-refractivity contribution is -0.117. The van der Waals surface area contributed by atoms with Gasteiger partial charge in [0.1, 0.15) is 10.6 Å². The van der Waals surface area contributed by atoms with E-state index in [2.05, 4.69) is 11.4 Å². The molecular weight excluding hydrogens is 289 g/mol. The van der Waals surface area contributed by atoms with Crippen LogP contribution in [-0.4, -0.2) is 41.4 Å². The number of anilines is 1. The van der Waals surface area contributed by atoms with Gasteiger partial charge in [-0.25, -0.2) is 4.39 Å². The maximum atomic E-state index is 13.5. The molecule has 21 heavy (non-hydrogen) atoms. The molecule has 1 fully saturated rings. The summed E-state index contributed by atoms with van der Waals surface area (Å²) in [6.07, 6.45) is 3.44. The number of para-hydroxylation sites is 1. The van der Waals surface area contributed by atoms with Crippen LogP contribution >= 0.6 is 11.8 Å². The van der Waals surface area contributed by atoms with E-state index in [0.29, 0.717) is 13.1 Å². The minimum atomic E-state index is -0.435. The predicted molar refractivity (Wildman–Crippen MR) is 82.6 cm³/mol. The Morgan fingerprint density at radius 1 is 1.48 bits per heavy atom. The Balaban J connectivity index is 1.85. The average molecular weight is 307 g/mol. The highest BCUT2D eigenvalue weighted by atomic mass is 32.2. The molecule has 1 aromatic carbocycles. The van der Waals surface area contributed by atoms with Crippen molar-refractivity contribution in [2.45, 2.75) is 17.6 Å². The van der Waals surface area contributed by atoms with Gasteiger partial charge in [0, 0.05) is 13.1 Å². The number of rotatable bonds is 4. The number of nitrogens with zero attached hydrogens (tertiary/aromatic N) is 2. The van der Waals surface area contributed by atoms with E-state index in [-0.39, 0.29) is 22.9 Å². The lowest BCUT2D eigenvalue weighted by Crippen LogP contribution is -2.44. The van der Waals surface area contributed by atoms with E-state index in [1.807, 2.05) is 11.2 Å². The van der Waals surface area contributed by atoms with Crippen molar-refractivity contribution in [1.29, 1.82) is 5.26 Å². The van der Waals surface area contributed by atoms with Crippen LogP contribution < -0.4 is 5.32 Å². The van der Waals surface area contributed by atoms with Gasteiger partial charge in [0.2, 0.25) is 5.91 Å². The number of benzene rings is 1. The molecule has 1 aromatic rings. The van der Waals surface area contributed by atoms with Gasteiger partial charge in [0.25, 0.3) is 0 Å². The van der Waals surface area contributed by atoms with Gasteiger partial charge in [-0.1, -0.05) is 12.1 Å². The van der Waals surface area contributed by atoms with E-state index in [0.717, 1.165) is 12.8 Å². The van der Waals surface area contributed by atoms with Gasteiger partial charge in [0.15, 0.2) is 0 Å². The highest BCUT2D eigenvalue weighted by Crippen LogP contribution is 2.33. The number of thioether (sulfide) groups is 1. The number of nitriles is 1. The molecule has 1 aliphatic rings. The zero-order valence-electron chi connectivity index (χ0n) is 11.9. The molecule has 4 nitrogen and oxygen atoms in total. The van der Waals surface area contributed by atoms with Gasteiger partial charge in [0.05, 0.1) is 18.3 Å². The fraction of sp³-hybridized carbons (Fsp3) is 0.467. The van der Waals surface area contributed by atoms with Crippen LogP contribution in [0, 0.1) is 17.1 Å². The summed E-state index contributed by atoms with van der Waals surface area (Å²) in [6.45, 7) is 1.64. The molecule has 1 amide bonds. The summed E-state index contributed by atoms with van der Waals surface area (Å²) < 4.78 is 13.1. The summed E-state index contributed by atoms with van der Waals surface area (Å²) in [5, 5.41) is 11.8. The van der Waals surface area contributed by atoms with Crippen LogP contribution in [0.1, 0.15) is 12.8 Å². The molecule has 0 unspecified atom stereocenters. The molecule has 0 saturated carbocycles. The van der Waals surface area contributed by atoms with E-state index >= 15 is 0 Å². The minimum absolute atomic E-state index is 0.204. The van der Waals surface area contributed by atoms with Gasteiger partial charge in [-0.3, -0.25) is 9.69 Å². The average Bonchev–Trinajstić information content (AvgIpc) is 2.51. The maximum absolute atomic E-state index is 13.5. The summed E-state index contributed by atoms with van der Waals surface area (Å²) in [5.74, 6) is -0.663. The molecule has 2 rings (SSSR count). The zero-order chi connectivity index (χ0) is 15.3. The minimum Gasteiger partial charge on any atom is -0.322 e. The molecular formula is C15H18FN3OS. The predicted octanol–water partition coefficient (Wildman–Crippen LogP) is 2.49. The Labute approximate surface area is 128 Å². The van der Waals surface area contributed by atoms with Crippen molar-refractivity contribution in [3.05, 3.63) is 30.1 Å². The number of amides is 1. The van der Waals surface area contributed by atoms with E-state index in [4.69, 9.17) is 0 Å². The number of halogens is 1.